The predicted octanol–water partition coefficient (Wildman–Crippen LogP) is 5.91. The summed E-state index contributed by atoms with van der Waals surface area (Å²) in [5, 5.41) is 2.99. The molecule has 4 heterocycles. The first-order valence-electron chi connectivity index (χ1n) is 12.7. The number of hydrogen-bond acceptors (Lipinski definition) is 8. The van der Waals surface area contributed by atoms with Gasteiger partial charge in [-0.1, -0.05) is 24.3 Å². The molecule has 4 aromatic rings. The Balaban J connectivity index is 1.45. The molecule has 1 aliphatic heterocycles. The number of H-pyrrole nitrogens is 1. The van der Waals surface area contributed by atoms with Crippen molar-refractivity contribution in [2.24, 2.45) is 0 Å². The van der Waals surface area contributed by atoms with Crippen LogP contribution in [0.1, 0.15) is 41.9 Å². The minimum absolute atomic E-state index is 0.381. The first-order valence-corrected chi connectivity index (χ1v) is 15.9. The maximum absolute atomic E-state index is 13.7. The highest BCUT2D eigenvalue weighted by atomic mass is 32.2. The van der Waals surface area contributed by atoms with Crippen molar-refractivity contribution >= 4 is 43.4 Å². The number of nitrogens with zero attached hydrogens (tertiary/aromatic N) is 2. The molecule has 0 spiro atoms. The Morgan fingerprint density at radius 1 is 1.27 bits per heavy atom. The lowest BCUT2D eigenvalue weighted by Crippen LogP contribution is -2.32. The molecule has 10 heteroatoms. The normalized spacial score (nSPS) is 17.6. The second-order valence-corrected chi connectivity index (χ2v) is 13.7. The number of benzene rings is 1. The summed E-state index contributed by atoms with van der Waals surface area (Å²) in [5.74, 6) is 0. The number of aromatic amines is 1. The zero-order chi connectivity index (χ0) is 25.8. The van der Waals surface area contributed by atoms with Gasteiger partial charge >= 0.3 is 0 Å². The Morgan fingerprint density at radius 2 is 2.16 bits per heavy atom. The molecule has 1 aromatic carbocycles. The number of nitrogens with one attached hydrogen (secondary N) is 1. The van der Waals surface area contributed by atoms with Crippen molar-refractivity contribution in [3.63, 3.8) is 0 Å². The van der Waals surface area contributed by atoms with Gasteiger partial charge in [0, 0.05) is 49.4 Å². The van der Waals surface area contributed by atoms with Crippen LogP contribution in [-0.4, -0.2) is 62.8 Å². The Kier molecular flexibility index (Phi) is 8.43. The van der Waals surface area contributed by atoms with Crippen molar-refractivity contribution in [2.45, 2.75) is 48.2 Å². The molecule has 0 saturated carbocycles. The van der Waals surface area contributed by atoms with Crippen LogP contribution in [0.4, 0.5) is 0 Å². The van der Waals surface area contributed by atoms with Crippen molar-refractivity contribution in [3.8, 4) is 10.7 Å². The third-order valence-electron chi connectivity index (χ3n) is 6.91. The van der Waals surface area contributed by atoms with E-state index in [-0.39, 0.29) is 0 Å². The lowest BCUT2D eigenvalue weighted by atomic mass is 10.1. The molecular weight excluding hydrogens is 527 g/mol. The monoisotopic (exact) mass is 559 g/mol. The largest absolute Gasteiger partial charge is 0.383 e. The Labute approximate surface area is 226 Å². The maximum atomic E-state index is 13.7. The van der Waals surface area contributed by atoms with Crippen molar-refractivity contribution < 1.29 is 17.9 Å². The molecule has 1 fully saturated rings. The number of sulfone groups is 1. The van der Waals surface area contributed by atoms with Crippen LogP contribution in [0.3, 0.4) is 0 Å². The minimum atomic E-state index is -3.57. The molecule has 0 bridgehead atoms. The van der Waals surface area contributed by atoms with Crippen LogP contribution in [0.2, 0.25) is 0 Å². The van der Waals surface area contributed by atoms with Gasteiger partial charge in [0.25, 0.3) is 0 Å². The van der Waals surface area contributed by atoms with E-state index in [9.17, 15) is 8.42 Å². The highest BCUT2D eigenvalue weighted by molar-refractivity contribution is 7.93. The Morgan fingerprint density at radius 3 is 2.95 bits per heavy atom. The average Bonchev–Trinajstić information content (AvgIpc) is 3.69. The molecule has 0 radical (unpaired) electrons. The molecule has 198 valence electrons. The van der Waals surface area contributed by atoms with E-state index in [1.807, 2.05) is 31.3 Å². The molecule has 37 heavy (non-hydrogen) atoms. The number of thiazole rings is 1. The number of para-hydroxylation sites is 1. The summed E-state index contributed by atoms with van der Waals surface area (Å²) in [5.41, 5.74) is 2.52. The minimum Gasteiger partial charge on any atom is -0.383 e. The number of fused-ring (bicyclic) bond motifs is 1. The molecule has 1 saturated heterocycles. The van der Waals surface area contributed by atoms with E-state index in [1.54, 1.807) is 36.0 Å². The summed E-state index contributed by atoms with van der Waals surface area (Å²) >= 11 is 2.94. The number of rotatable bonds is 12. The molecule has 7 nitrogen and oxygen atoms in total. The van der Waals surface area contributed by atoms with Crippen LogP contribution in [0.25, 0.3) is 21.6 Å². The second-order valence-electron chi connectivity index (χ2n) is 9.30. The van der Waals surface area contributed by atoms with E-state index < -0.39 is 15.1 Å². The van der Waals surface area contributed by atoms with Gasteiger partial charge in [-0.15, -0.1) is 22.7 Å². The van der Waals surface area contributed by atoms with Gasteiger partial charge in [-0.2, -0.15) is 0 Å². The smallest absolute Gasteiger partial charge is 0.194 e. The van der Waals surface area contributed by atoms with Crippen LogP contribution < -0.4 is 0 Å². The van der Waals surface area contributed by atoms with Crippen molar-refractivity contribution in [1.29, 1.82) is 0 Å². The highest BCUT2D eigenvalue weighted by Crippen LogP contribution is 2.39. The van der Waals surface area contributed by atoms with Gasteiger partial charge in [-0.3, -0.25) is 4.90 Å². The standard InChI is InChI=1S/C27H33N3O4S3/c1-3-34-13-11-24(37(31,32)25-10-6-14-35-25)22-9-4-7-19-15-23(29-26(19)22)27-28-16-21(36-27)17-30-12-5-8-20(30)18-33-2/h4,6-7,9-10,14-16,20,24,29H,3,5,8,11-13,17-18H2,1-2H3/t20-,24?/m0/s1. The van der Waals surface area contributed by atoms with E-state index >= 15 is 0 Å². The van der Waals surface area contributed by atoms with Crippen LogP contribution in [0.15, 0.2) is 52.2 Å². The van der Waals surface area contributed by atoms with Crippen molar-refractivity contribution in [3.05, 3.63) is 58.4 Å². The number of likely N-dealkylation sites (tertiary alicyclic amines) is 1. The zero-order valence-corrected chi connectivity index (χ0v) is 23.6. The number of thiophene rings is 1. The van der Waals surface area contributed by atoms with Gasteiger partial charge in [-0.25, -0.2) is 13.4 Å². The molecule has 0 aliphatic carbocycles. The van der Waals surface area contributed by atoms with Crippen LogP contribution in [-0.2, 0) is 25.9 Å². The van der Waals surface area contributed by atoms with E-state index in [0.29, 0.717) is 29.9 Å². The molecule has 0 amide bonds. The fourth-order valence-corrected chi connectivity index (χ4v) is 9.03. The van der Waals surface area contributed by atoms with E-state index in [0.717, 1.165) is 46.9 Å². The maximum Gasteiger partial charge on any atom is 0.194 e. The second kappa shape index (κ2) is 11.8. The highest BCUT2D eigenvalue weighted by Gasteiger charge is 2.32. The van der Waals surface area contributed by atoms with Gasteiger partial charge in [-0.05, 0) is 55.8 Å². The molecular formula is C27H33N3O4S3. The third-order valence-corrected chi connectivity index (χ3v) is 11.5. The fourth-order valence-electron chi connectivity index (χ4n) is 5.13. The zero-order valence-electron chi connectivity index (χ0n) is 21.2. The number of hydrogen-bond donors (Lipinski definition) is 1. The molecule has 1 unspecified atom stereocenters. The van der Waals surface area contributed by atoms with Crippen molar-refractivity contribution in [2.75, 3.05) is 33.5 Å². The fraction of sp³-hybridized carbons (Fsp3) is 0.444. The topological polar surface area (TPSA) is 84.5 Å². The average molecular weight is 560 g/mol. The van der Waals surface area contributed by atoms with Crippen LogP contribution in [0.5, 0.6) is 0 Å². The molecule has 2 atom stereocenters. The summed E-state index contributed by atoms with van der Waals surface area (Å²) in [6, 6.07) is 11.9. The summed E-state index contributed by atoms with van der Waals surface area (Å²) in [4.78, 5) is 11.9. The van der Waals surface area contributed by atoms with Gasteiger partial charge in [0.1, 0.15) is 9.22 Å². The summed E-state index contributed by atoms with van der Waals surface area (Å²) < 4.78 is 38.7. The van der Waals surface area contributed by atoms with Crippen LogP contribution >= 0.6 is 22.7 Å². The summed E-state index contributed by atoms with van der Waals surface area (Å²) in [7, 11) is -1.81. The number of aromatic nitrogens is 2. The van der Waals surface area contributed by atoms with Gasteiger partial charge in [0.15, 0.2) is 9.84 Å². The Hall–Kier alpha value is -2.08. The third kappa shape index (κ3) is 5.69. The van der Waals surface area contributed by atoms with E-state index in [1.165, 1.54) is 29.1 Å². The van der Waals surface area contributed by atoms with Crippen LogP contribution in [0, 0.1) is 0 Å². The van der Waals surface area contributed by atoms with Gasteiger partial charge < -0.3 is 14.5 Å². The lowest BCUT2D eigenvalue weighted by Gasteiger charge is -2.22. The molecule has 5 rings (SSSR count). The molecule has 3 aromatic heterocycles. The number of methoxy groups -OCH3 is 1. The summed E-state index contributed by atoms with van der Waals surface area (Å²) in [6.07, 6.45) is 4.72. The molecule has 1 aliphatic rings. The van der Waals surface area contributed by atoms with Crippen molar-refractivity contribution in [1.82, 2.24) is 14.9 Å². The summed E-state index contributed by atoms with van der Waals surface area (Å²) in [6.45, 7) is 5.57. The van der Waals surface area contributed by atoms with Gasteiger partial charge in [0.05, 0.1) is 23.1 Å². The quantitative estimate of drug-likeness (QED) is 0.217. The number of ether oxygens (including phenoxy) is 2. The lowest BCUT2D eigenvalue weighted by molar-refractivity contribution is 0.112. The Bertz CT molecular complexity index is 1410. The predicted molar refractivity (Wildman–Crippen MR) is 150 cm³/mol. The van der Waals surface area contributed by atoms with E-state index in [4.69, 9.17) is 14.5 Å². The van der Waals surface area contributed by atoms with Gasteiger partial charge in [0.2, 0.25) is 0 Å². The van der Waals surface area contributed by atoms with E-state index in [2.05, 4.69) is 16.0 Å². The molecule has 1 N–H and O–H groups in total. The first kappa shape index (κ1) is 26.5. The SMILES string of the molecule is CCOCCC(c1cccc2cc(-c3ncc(CN4CCC[C@H]4COC)s3)[nH]c12)S(=O)(=O)c1cccs1. The first-order chi connectivity index (χ1) is 18.0.